The Morgan fingerprint density at radius 3 is 2.69 bits per heavy atom. The van der Waals surface area contributed by atoms with Crippen molar-refractivity contribution in [1.29, 1.82) is 0 Å². The van der Waals surface area contributed by atoms with Gasteiger partial charge in [-0.3, -0.25) is 4.99 Å². The molecule has 2 heterocycles. The number of sulfone groups is 1. The van der Waals surface area contributed by atoms with Gasteiger partial charge in [0.25, 0.3) is 0 Å². The number of benzene rings is 1. The first-order chi connectivity index (χ1) is 13.8. The zero-order valence-corrected chi connectivity index (χ0v) is 17.9. The molecule has 1 aromatic carbocycles. The van der Waals surface area contributed by atoms with Crippen molar-refractivity contribution in [2.45, 2.75) is 31.7 Å². The molecule has 1 N–H and O–H groups in total. The highest BCUT2D eigenvalue weighted by Gasteiger charge is 2.40. The van der Waals surface area contributed by atoms with Crippen molar-refractivity contribution in [2.75, 3.05) is 25.9 Å². The summed E-state index contributed by atoms with van der Waals surface area (Å²) in [5, 5.41) is 3.32. The predicted molar refractivity (Wildman–Crippen MR) is 115 cm³/mol. The lowest BCUT2D eigenvalue weighted by Gasteiger charge is -2.39. The van der Waals surface area contributed by atoms with Gasteiger partial charge in [-0.15, -0.1) is 0 Å². The van der Waals surface area contributed by atoms with Gasteiger partial charge in [0.15, 0.2) is 15.8 Å². The molecule has 29 heavy (non-hydrogen) atoms. The van der Waals surface area contributed by atoms with E-state index in [4.69, 9.17) is 4.74 Å². The SMILES string of the molecule is CN=C(NCc1cccnc1OCc1ccccc1)N1CCS(=O)(=O)C(C)(C)C1. The van der Waals surface area contributed by atoms with E-state index in [-0.39, 0.29) is 5.75 Å². The number of ether oxygens (including phenoxy) is 1. The molecular formula is C21H28N4O3S. The summed E-state index contributed by atoms with van der Waals surface area (Å²) < 4.78 is 29.6. The summed E-state index contributed by atoms with van der Waals surface area (Å²) in [5.41, 5.74) is 1.98. The van der Waals surface area contributed by atoms with Crippen molar-refractivity contribution >= 4 is 15.8 Å². The Hall–Kier alpha value is -2.61. The van der Waals surface area contributed by atoms with Crippen LogP contribution in [0.5, 0.6) is 5.88 Å². The number of guanidine groups is 1. The Morgan fingerprint density at radius 2 is 2.00 bits per heavy atom. The maximum Gasteiger partial charge on any atom is 0.218 e. The number of aromatic nitrogens is 1. The number of pyridine rings is 1. The minimum atomic E-state index is -3.10. The highest BCUT2D eigenvalue weighted by atomic mass is 32.2. The lowest BCUT2D eigenvalue weighted by molar-refractivity contribution is 0.289. The van der Waals surface area contributed by atoms with Crippen molar-refractivity contribution in [3.05, 3.63) is 59.8 Å². The number of nitrogens with zero attached hydrogens (tertiary/aromatic N) is 3. The summed E-state index contributed by atoms with van der Waals surface area (Å²) in [6.45, 7) is 5.28. The minimum absolute atomic E-state index is 0.124. The van der Waals surface area contributed by atoms with Gasteiger partial charge in [-0.05, 0) is 25.5 Å². The smallest absolute Gasteiger partial charge is 0.218 e. The Bertz CT molecular complexity index is 959. The fourth-order valence-electron chi connectivity index (χ4n) is 3.25. The van der Waals surface area contributed by atoms with Gasteiger partial charge in [0, 0.05) is 38.4 Å². The molecule has 0 atom stereocenters. The monoisotopic (exact) mass is 416 g/mol. The summed E-state index contributed by atoms with van der Waals surface area (Å²) in [5.74, 6) is 1.37. The molecule has 0 aliphatic carbocycles. The van der Waals surface area contributed by atoms with Gasteiger partial charge in [0.05, 0.1) is 10.5 Å². The van der Waals surface area contributed by atoms with E-state index < -0.39 is 14.6 Å². The van der Waals surface area contributed by atoms with Crippen molar-refractivity contribution in [1.82, 2.24) is 15.2 Å². The first-order valence-corrected chi connectivity index (χ1v) is 11.3. The molecule has 0 radical (unpaired) electrons. The number of hydrogen-bond donors (Lipinski definition) is 1. The zero-order chi connectivity index (χ0) is 20.9. The van der Waals surface area contributed by atoms with Crippen LogP contribution in [-0.4, -0.2) is 54.9 Å². The summed E-state index contributed by atoms with van der Waals surface area (Å²) in [7, 11) is -1.39. The third kappa shape index (κ3) is 5.06. The van der Waals surface area contributed by atoms with E-state index in [0.717, 1.165) is 11.1 Å². The van der Waals surface area contributed by atoms with Crippen LogP contribution in [0.4, 0.5) is 0 Å². The van der Waals surface area contributed by atoms with E-state index in [9.17, 15) is 8.42 Å². The van der Waals surface area contributed by atoms with Gasteiger partial charge < -0.3 is 15.0 Å². The molecule has 2 aromatic rings. The maximum absolute atomic E-state index is 12.3. The van der Waals surface area contributed by atoms with E-state index >= 15 is 0 Å². The van der Waals surface area contributed by atoms with Crippen molar-refractivity contribution < 1.29 is 13.2 Å². The largest absolute Gasteiger partial charge is 0.473 e. The van der Waals surface area contributed by atoms with E-state index in [1.165, 1.54) is 0 Å². The first kappa shape index (κ1) is 21.1. The van der Waals surface area contributed by atoms with Crippen LogP contribution in [0.1, 0.15) is 25.0 Å². The third-order valence-electron chi connectivity index (χ3n) is 5.06. The standard InChI is InChI=1S/C21H28N4O3S/c1-21(2)16-25(12-13-29(21,26)27)20(22-3)24-14-18-10-7-11-23-19(18)28-15-17-8-5-4-6-9-17/h4-11H,12-16H2,1-3H3,(H,22,24). The number of aliphatic imine (C=N–C) groups is 1. The van der Waals surface area contributed by atoms with Crippen LogP contribution in [0.25, 0.3) is 0 Å². The fraction of sp³-hybridized carbons (Fsp3) is 0.429. The summed E-state index contributed by atoms with van der Waals surface area (Å²) in [4.78, 5) is 10.7. The number of rotatable bonds is 5. The maximum atomic E-state index is 12.3. The molecule has 3 rings (SSSR count). The second kappa shape index (κ2) is 8.82. The first-order valence-electron chi connectivity index (χ1n) is 9.61. The highest BCUT2D eigenvalue weighted by Crippen LogP contribution is 2.24. The summed E-state index contributed by atoms with van der Waals surface area (Å²) >= 11 is 0. The molecule has 156 valence electrons. The van der Waals surface area contributed by atoms with E-state index in [1.54, 1.807) is 27.1 Å². The summed E-state index contributed by atoms with van der Waals surface area (Å²) in [6.07, 6.45) is 1.71. The topological polar surface area (TPSA) is 83.9 Å². The molecular weight excluding hydrogens is 388 g/mol. The molecule has 0 spiro atoms. The van der Waals surface area contributed by atoms with Gasteiger partial charge in [-0.25, -0.2) is 13.4 Å². The number of nitrogens with one attached hydrogen (secondary N) is 1. The molecule has 0 amide bonds. The molecule has 8 heteroatoms. The zero-order valence-electron chi connectivity index (χ0n) is 17.1. The quantitative estimate of drug-likeness (QED) is 0.595. The van der Waals surface area contributed by atoms with Crippen LogP contribution in [0.3, 0.4) is 0 Å². The van der Waals surface area contributed by atoms with Crippen molar-refractivity contribution in [3.8, 4) is 5.88 Å². The minimum Gasteiger partial charge on any atom is -0.473 e. The van der Waals surface area contributed by atoms with Crippen LogP contribution in [0.2, 0.25) is 0 Å². The van der Waals surface area contributed by atoms with Crippen molar-refractivity contribution in [2.24, 2.45) is 4.99 Å². The van der Waals surface area contributed by atoms with Gasteiger partial charge in [-0.1, -0.05) is 36.4 Å². The van der Waals surface area contributed by atoms with Crippen LogP contribution in [0, 0.1) is 0 Å². The molecule has 1 saturated heterocycles. The Kier molecular flexibility index (Phi) is 6.42. The van der Waals surface area contributed by atoms with E-state index in [0.29, 0.717) is 38.1 Å². The average Bonchev–Trinajstić information content (AvgIpc) is 2.71. The van der Waals surface area contributed by atoms with Crippen molar-refractivity contribution in [3.63, 3.8) is 0 Å². The van der Waals surface area contributed by atoms with Crippen LogP contribution < -0.4 is 10.1 Å². The predicted octanol–water partition coefficient (Wildman–Crippen LogP) is 2.25. The Balaban J connectivity index is 1.64. The van der Waals surface area contributed by atoms with Crippen LogP contribution >= 0.6 is 0 Å². The summed E-state index contributed by atoms with van der Waals surface area (Å²) in [6, 6.07) is 13.8. The average molecular weight is 417 g/mol. The van der Waals surface area contributed by atoms with Gasteiger partial charge in [0.1, 0.15) is 6.61 Å². The Labute approximate surface area is 172 Å². The van der Waals surface area contributed by atoms with E-state index in [2.05, 4.69) is 15.3 Å². The third-order valence-corrected chi connectivity index (χ3v) is 7.59. The highest BCUT2D eigenvalue weighted by molar-refractivity contribution is 7.92. The number of hydrogen-bond acceptors (Lipinski definition) is 5. The van der Waals surface area contributed by atoms with Gasteiger partial charge >= 0.3 is 0 Å². The second-order valence-corrected chi connectivity index (χ2v) is 10.4. The normalized spacial score (nSPS) is 18.3. The second-order valence-electron chi connectivity index (χ2n) is 7.64. The molecule has 1 aliphatic heterocycles. The molecule has 0 saturated carbocycles. The molecule has 1 aromatic heterocycles. The van der Waals surface area contributed by atoms with Gasteiger partial charge in [-0.2, -0.15) is 0 Å². The Morgan fingerprint density at radius 1 is 1.24 bits per heavy atom. The molecule has 1 aliphatic rings. The molecule has 0 unspecified atom stereocenters. The van der Waals surface area contributed by atoms with Crippen LogP contribution in [0.15, 0.2) is 53.7 Å². The lowest BCUT2D eigenvalue weighted by atomic mass is 10.2. The fourth-order valence-corrected chi connectivity index (χ4v) is 4.61. The lowest BCUT2D eigenvalue weighted by Crippen LogP contribution is -2.57. The van der Waals surface area contributed by atoms with Crippen LogP contribution in [-0.2, 0) is 23.0 Å². The molecule has 0 bridgehead atoms. The molecule has 1 fully saturated rings. The van der Waals surface area contributed by atoms with E-state index in [1.807, 2.05) is 47.4 Å². The molecule has 7 nitrogen and oxygen atoms in total. The van der Waals surface area contributed by atoms with Gasteiger partial charge in [0.2, 0.25) is 5.88 Å².